The van der Waals surface area contributed by atoms with Gasteiger partial charge in [-0.15, -0.1) is 6.58 Å². The number of para-hydroxylation sites is 1. The summed E-state index contributed by atoms with van der Waals surface area (Å²) in [4.78, 5) is 2.26. The summed E-state index contributed by atoms with van der Waals surface area (Å²) < 4.78 is 10.8. The van der Waals surface area contributed by atoms with Gasteiger partial charge < -0.3 is 14.6 Å². The fraction of sp³-hybridized carbons (Fsp3) is 0.579. The number of aliphatic hydroxyl groups excluding tert-OH is 1. The van der Waals surface area contributed by atoms with E-state index in [1.165, 1.54) is 0 Å². The third-order valence-electron chi connectivity index (χ3n) is 3.62. The van der Waals surface area contributed by atoms with Gasteiger partial charge in [-0.05, 0) is 24.9 Å². The van der Waals surface area contributed by atoms with Crippen LogP contribution < -0.4 is 4.74 Å². The number of nitrogens with zero attached hydrogens (tertiary/aromatic N) is 1. The molecule has 0 aliphatic rings. The molecule has 0 heterocycles. The van der Waals surface area contributed by atoms with Crippen LogP contribution in [-0.2, 0) is 11.3 Å². The maximum atomic E-state index is 10.2. The van der Waals surface area contributed by atoms with Crippen LogP contribution in [0.15, 0.2) is 36.9 Å². The first-order valence-corrected chi connectivity index (χ1v) is 8.27. The second-order valence-electron chi connectivity index (χ2n) is 6.21. The first-order valence-electron chi connectivity index (χ1n) is 8.27. The molecule has 1 aromatic carbocycles. The Morgan fingerprint density at radius 3 is 2.70 bits per heavy atom. The topological polar surface area (TPSA) is 41.9 Å². The molecular weight excluding hydrogens is 290 g/mol. The summed E-state index contributed by atoms with van der Waals surface area (Å²) in [6.07, 6.45) is 2.28. The lowest BCUT2D eigenvalue weighted by molar-refractivity contribution is 0.0236. The van der Waals surface area contributed by atoms with E-state index in [1.54, 1.807) is 13.2 Å². The first-order chi connectivity index (χ1) is 11.1. The molecule has 0 radical (unpaired) electrons. The molecule has 0 saturated heterocycles. The molecule has 1 atom stereocenters. The molecule has 0 aliphatic heterocycles. The molecule has 0 bridgehead atoms. The molecule has 130 valence electrons. The second-order valence-corrected chi connectivity index (χ2v) is 6.21. The van der Waals surface area contributed by atoms with E-state index in [9.17, 15) is 5.11 Å². The Balaban J connectivity index is 2.65. The maximum absolute atomic E-state index is 10.2. The van der Waals surface area contributed by atoms with Gasteiger partial charge in [-0.25, -0.2) is 0 Å². The van der Waals surface area contributed by atoms with Crippen LogP contribution in [0.1, 0.15) is 25.8 Å². The van der Waals surface area contributed by atoms with Crippen LogP contribution >= 0.6 is 0 Å². The predicted molar refractivity (Wildman–Crippen MR) is 94.7 cm³/mol. The number of rotatable bonds is 12. The minimum absolute atomic E-state index is 0.329. The van der Waals surface area contributed by atoms with Crippen molar-refractivity contribution in [3.05, 3.63) is 42.5 Å². The van der Waals surface area contributed by atoms with Gasteiger partial charge in [0.2, 0.25) is 0 Å². The van der Waals surface area contributed by atoms with E-state index in [0.29, 0.717) is 25.7 Å². The molecule has 23 heavy (non-hydrogen) atoms. The van der Waals surface area contributed by atoms with Crippen LogP contribution in [-0.4, -0.2) is 49.5 Å². The zero-order chi connectivity index (χ0) is 17.1. The van der Waals surface area contributed by atoms with Gasteiger partial charge in [-0.2, -0.15) is 0 Å². The number of methoxy groups -OCH3 is 1. The standard InChI is InChI=1S/C19H31NO3/c1-5-12-23-15-18(21)14-20(11-10-16(2)3)13-17-8-6-7-9-19(17)22-4/h5-9,16,18,21H,1,10-15H2,2-4H3/t18-/m1/s1. The van der Waals surface area contributed by atoms with Gasteiger partial charge in [0.15, 0.2) is 0 Å². The Morgan fingerprint density at radius 2 is 2.04 bits per heavy atom. The highest BCUT2D eigenvalue weighted by molar-refractivity contribution is 5.33. The number of hydrogen-bond acceptors (Lipinski definition) is 4. The third kappa shape index (κ3) is 8.16. The highest BCUT2D eigenvalue weighted by Gasteiger charge is 2.15. The van der Waals surface area contributed by atoms with Crippen molar-refractivity contribution in [3.63, 3.8) is 0 Å². The average molecular weight is 321 g/mol. The quantitative estimate of drug-likeness (QED) is 0.474. The second kappa shape index (κ2) is 11.2. The highest BCUT2D eigenvalue weighted by Crippen LogP contribution is 2.20. The van der Waals surface area contributed by atoms with Gasteiger partial charge in [-0.1, -0.05) is 38.1 Å². The summed E-state index contributed by atoms with van der Waals surface area (Å²) in [5, 5.41) is 10.2. The Morgan fingerprint density at radius 1 is 1.30 bits per heavy atom. The van der Waals surface area contributed by atoms with Gasteiger partial charge in [0.05, 0.1) is 26.4 Å². The number of aliphatic hydroxyl groups is 1. The lowest BCUT2D eigenvalue weighted by Crippen LogP contribution is -2.35. The minimum Gasteiger partial charge on any atom is -0.496 e. The van der Waals surface area contributed by atoms with Crippen LogP contribution in [0.3, 0.4) is 0 Å². The van der Waals surface area contributed by atoms with Gasteiger partial charge in [0.25, 0.3) is 0 Å². The van der Waals surface area contributed by atoms with Crippen molar-refractivity contribution < 1.29 is 14.6 Å². The molecule has 1 N–H and O–H groups in total. The summed E-state index contributed by atoms with van der Waals surface area (Å²) in [5.41, 5.74) is 1.14. The molecule has 0 unspecified atom stereocenters. The van der Waals surface area contributed by atoms with Gasteiger partial charge in [0, 0.05) is 18.7 Å². The molecule has 0 fully saturated rings. The van der Waals surface area contributed by atoms with E-state index in [-0.39, 0.29) is 0 Å². The van der Waals surface area contributed by atoms with Crippen molar-refractivity contribution in [2.24, 2.45) is 5.92 Å². The summed E-state index contributed by atoms with van der Waals surface area (Å²) in [7, 11) is 1.69. The minimum atomic E-state index is -0.503. The van der Waals surface area contributed by atoms with Crippen molar-refractivity contribution in [3.8, 4) is 5.75 Å². The van der Waals surface area contributed by atoms with Crippen LogP contribution in [0.2, 0.25) is 0 Å². The molecule has 4 heteroatoms. The zero-order valence-corrected chi connectivity index (χ0v) is 14.7. The molecule has 1 aromatic rings. The van der Waals surface area contributed by atoms with E-state index >= 15 is 0 Å². The van der Waals surface area contributed by atoms with E-state index in [0.717, 1.165) is 30.8 Å². The monoisotopic (exact) mass is 321 g/mol. The van der Waals surface area contributed by atoms with Crippen LogP contribution in [0.25, 0.3) is 0 Å². The molecule has 0 aliphatic carbocycles. The molecule has 1 rings (SSSR count). The van der Waals surface area contributed by atoms with Crippen molar-refractivity contribution in [2.45, 2.75) is 32.9 Å². The van der Waals surface area contributed by atoms with Crippen LogP contribution in [0.5, 0.6) is 5.75 Å². The lowest BCUT2D eigenvalue weighted by Gasteiger charge is -2.26. The summed E-state index contributed by atoms with van der Waals surface area (Å²) in [6, 6.07) is 8.03. The Kier molecular flexibility index (Phi) is 9.60. The van der Waals surface area contributed by atoms with Gasteiger partial charge in [0.1, 0.15) is 5.75 Å². The van der Waals surface area contributed by atoms with E-state index in [1.807, 2.05) is 18.2 Å². The largest absolute Gasteiger partial charge is 0.496 e. The number of ether oxygens (including phenoxy) is 2. The van der Waals surface area contributed by atoms with Crippen molar-refractivity contribution in [1.82, 2.24) is 4.90 Å². The summed E-state index contributed by atoms with van der Waals surface area (Å²) >= 11 is 0. The summed E-state index contributed by atoms with van der Waals surface area (Å²) in [5.74, 6) is 1.52. The fourth-order valence-corrected chi connectivity index (χ4v) is 2.39. The molecule has 4 nitrogen and oxygen atoms in total. The maximum Gasteiger partial charge on any atom is 0.123 e. The SMILES string of the molecule is C=CCOC[C@H](O)CN(CCC(C)C)Cc1ccccc1OC. The Hall–Kier alpha value is -1.36. The van der Waals surface area contributed by atoms with Crippen molar-refractivity contribution in [2.75, 3.05) is 33.4 Å². The predicted octanol–water partition coefficient (Wildman–Crippen LogP) is 3.11. The fourth-order valence-electron chi connectivity index (χ4n) is 2.39. The van der Waals surface area contributed by atoms with Crippen LogP contribution in [0, 0.1) is 5.92 Å². The summed E-state index contributed by atoms with van der Waals surface area (Å²) in [6.45, 7) is 11.1. The average Bonchev–Trinajstić information content (AvgIpc) is 2.53. The first kappa shape index (κ1) is 19.7. The zero-order valence-electron chi connectivity index (χ0n) is 14.7. The molecule has 0 aromatic heterocycles. The molecular formula is C19H31NO3. The Labute approximate surface area is 140 Å². The van der Waals surface area contributed by atoms with Crippen molar-refractivity contribution in [1.29, 1.82) is 0 Å². The molecule has 0 saturated carbocycles. The van der Waals surface area contributed by atoms with E-state index in [2.05, 4.69) is 31.4 Å². The molecule has 0 amide bonds. The van der Waals surface area contributed by atoms with Crippen LogP contribution in [0.4, 0.5) is 0 Å². The molecule has 0 spiro atoms. The van der Waals surface area contributed by atoms with E-state index in [4.69, 9.17) is 9.47 Å². The van der Waals surface area contributed by atoms with Gasteiger partial charge in [-0.3, -0.25) is 4.90 Å². The lowest BCUT2D eigenvalue weighted by atomic mass is 10.1. The number of hydrogen-bond donors (Lipinski definition) is 1. The third-order valence-corrected chi connectivity index (χ3v) is 3.62. The van der Waals surface area contributed by atoms with E-state index < -0.39 is 6.10 Å². The smallest absolute Gasteiger partial charge is 0.123 e. The van der Waals surface area contributed by atoms with Gasteiger partial charge >= 0.3 is 0 Å². The van der Waals surface area contributed by atoms with Crippen molar-refractivity contribution >= 4 is 0 Å². The normalized spacial score (nSPS) is 12.6. The number of benzene rings is 1. The Bertz CT molecular complexity index is 448. The highest BCUT2D eigenvalue weighted by atomic mass is 16.5.